The zero-order valence-electron chi connectivity index (χ0n) is 10.6. The molecular formula is C13H21ClN2O. The average molecular weight is 257 g/mol. The number of carbonyl (C=O) groups is 1. The molecule has 2 N–H and O–H groups in total. The Kier molecular flexibility index (Phi) is 6.85. The van der Waals surface area contributed by atoms with Crippen LogP contribution in [-0.4, -0.2) is 30.4 Å². The number of likely N-dealkylation sites (N-methyl/N-ethyl adjacent to an activating group) is 1. The van der Waals surface area contributed by atoms with Crippen LogP contribution in [0, 0.1) is 0 Å². The van der Waals surface area contributed by atoms with Gasteiger partial charge in [0.15, 0.2) is 0 Å². The van der Waals surface area contributed by atoms with Gasteiger partial charge in [0.2, 0.25) is 0 Å². The van der Waals surface area contributed by atoms with E-state index in [0.717, 1.165) is 12.0 Å². The molecule has 1 rings (SSSR count). The monoisotopic (exact) mass is 256 g/mol. The first kappa shape index (κ1) is 15.9. The minimum atomic E-state index is 0. The van der Waals surface area contributed by atoms with Crippen molar-refractivity contribution in [2.75, 3.05) is 13.6 Å². The quantitative estimate of drug-likeness (QED) is 0.897. The van der Waals surface area contributed by atoms with Gasteiger partial charge >= 0.3 is 0 Å². The Morgan fingerprint density at radius 2 is 1.88 bits per heavy atom. The molecule has 1 unspecified atom stereocenters. The van der Waals surface area contributed by atoms with Crippen molar-refractivity contribution in [1.82, 2.24) is 4.90 Å². The third-order valence-corrected chi connectivity index (χ3v) is 2.93. The topological polar surface area (TPSA) is 46.3 Å². The average Bonchev–Trinajstić information content (AvgIpc) is 2.36. The zero-order valence-corrected chi connectivity index (χ0v) is 11.5. The van der Waals surface area contributed by atoms with Crippen LogP contribution < -0.4 is 5.73 Å². The maximum atomic E-state index is 12.0. The highest BCUT2D eigenvalue weighted by atomic mass is 35.5. The molecule has 4 heteroatoms. The third kappa shape index (κ3) is 4.02. The molecule has 17 heavy (non-hydrogen) atoms. The molecule has 0 spiro atoms. The standard InChI is InChI=1S/C13H20N2O.ClH/c1-4-11-5-7-12(8-6-11)13(16)15(3)10(2)9-14;/h5-8,10H,4,9,14H2,1-3H3;1H. The predicted octanol–water partition coefficient (Wildman–Crippen LogP) is 2.09. The van der Waals surface area contributed by atoms with Crippen molar-refractivity contribution in [2.45, 2.75) is 26.3 Å². The molecule has 1 amide bonds. The van der Waals surface area contributed by atoms with Crippen LogP contribution in [0.25, 0.3) is 0 Å². The molecule has 0 bridgehead atoms. The van der Waals surface area contributed by atoms with E-state index in [4.69, 9.17) is 5.73 Å². The summed E-state index contributed by atoms with van der Waals surface area (Å²) in [4.78, 5) is 13.7. The highest BCUT2D eigenvalue weighted by Gasteiger charge is 2.15. The smallest absolute Gasteiger partial charge is 0.253 e. The maximum Gasteiger partial charge on any atom is 0.253 e. The Morgan fingerprint density at radius 3 is 2.29 bits per heavy atom. The van der Waals surface area contributed by atoms with Crippen LogP contribution >= 0.6 is 12.4 Å². The molecule has 0 fully saturated rings. The number of halogens is 1. The van der Waals surface area contributed by atoms with Gasteiger partial charge in [0.05, 0.1) is 0 Å². The van der Waals surface area contributed by atoms with Crippen LogP contribution in [0.5, 0.6) is 0 Å². The SMILES string of the molecule is CCc1ccc(C(=O)N(C)C(C)CN)cc1.Cl. The zero-order chi connectivity index (χ0) is 12.1. The number of rotatable bonds is 4. The van der Waals surface area contributed by atoms with Crippen LogP contribution in [0.4, 0.5) is 0 Å². The maximum absolute atomic E-state index is 12.0. The molecule has 0 saturated heterocycles. The normalized spacial score (nSPS) is 11.5. The molecule has 0 radical (unpaired) electrons. The van der Waals surface area contributed by atoms with Crippen molar-refractivity contribution in [3.63, 3.8) is 0 Å². The van der Waals surface area contributed by atoms with Crippen molar-refractivity contribution in [1.29, 1.82) is 0 Å². The molecule has 0 aliphatic heterocycles. The van der Waals surface area contributed by atoms with Crippen molar-refractivity contribution >= 4 is 18.3 Å². The Hall–Kier alpha value is -1.06. The number of nitrogens with zero attached hydrogens (tertiary/aromatic N) is 1. The van der Waals surface area contributed by atoms with Gasteiger partial charge in [-0.1, -0.05) is 19.1 Å². The molecule has 0 aliphatic rings. The van der Waals surface area contributed by atoms with Gasteiger partial charge in [-0.15, -0.1) is 12.4 Å². The summed E-state index contributed by atoms with van der Waals surface area (Å²) in [5.74, 6) is 0.0283. The summed E-state index contributed by atoms with van der Waals surface area (Å²) in [6, 6.07) is 7.81. The predicted molar refractivity (Wildman–Crippen MR) is 73.7 cm³/mol. The van der Waals surface area contributed by atoms with E-state index in [0.29, 0.717) is 6.54 Å². The van der Waals surface area contributed by atoms with Crippen molar-refractivity contribution in [3.8, 4) is 0 Å². The third-order valence-electron chi connectivity index (χ3n) is 2.93. The van der Waals surface area contributed by atoms with Gasteiger partial charge in [0, 0.05) is 25.2 Å². The summed E-state index contributed by atoms with van der Waals surface area (Å²) in [5.41, 5.74) is 7.50. The highest BCUT2D eigenvalue weighted by Crippen LogP contribution is 2.09. The van der Waals surface area contributed by atoms with E-state index < -0.39 is 0 Å². The minimum absolute atomic E-state index is 0. The second kappa shape index (κ2) is 7.30. The lowest BCUT2D eigenvalue weighted by Crippen LogP contribution is -2.39. The molecule has 0 heterocycles. The Labute approximate surface area is 109 Å². The Balaban J connectivity index is 0.00000256. The Bertz CT molecular complexity index is 351. The molecule has 1 atom stereocenters. The first-order valence-electron chi connectivity index (χ1n) is 5.66. The highest BCUT2D eigenvalue weighted by molar-refractivity contribution is 5.94. The largest absolute Gasteiger partial charge is 0.338 e. The summed E-state index contributed by atoms with van der Waals surface area (Å²) in [6.45, 7) is 4.52. The lowest BCUT2D eigenvalue weighted by molar-refractivity contribution is 0.0748. The summed E-state index contributed by atoms with van der Waals surface area (Å²) in [7, 11) is 1.79. The fourth-order valence-electron chi connectivity index (χ4n) is 1.44. The lowest BCUT2D eigenvalue weighted by atomic mass is 10.1. The van der Waals surface area contributed by atoms with E-state index in [-0.39, 0.29) is 24.4 Å². The second-order valence-electron chi connectivity index (χ2n) is 4.05. The van der Waals surface area contributed by atoms with E-state index in [1.165, 1.54) is 5.56 Å². The van der Waals surface area contributed by atoms with E-state index in [9.17, 15) is 4.79 Å². The summed E-state index contributed by atoms with van der Waals surface area (Å²) in [6.07, 6.45) is 0.990. The lowest BCUT2D eigenvalue weighted by Gasteiger charge is -2.23. The van der Waals surface area contributed by atoms with Gasteiger partial charge in [0.25, 0.3) is 5.91 Å². The number of hydrogen-bond donors (Lipinski definition) is 1. The minimum Gasteiger partial charge on any atom is -0.338 e. The summed E-state index contributed by atoms with van der Waals surface area (Å²) in [5, 5.41) is 0. The fraction of sp³-hybridized carbons (Fsp3) is 0.462. The number of carbonyl (C=O) groups excluding carboxylic acids is 1. The molecular weight excluding hydrogens is 236 g/mol. The van der Waals surface area contributed by atoms with Gasteiger partial charge < -0.3 is 10.6 Å². The molecule has 0 saturated carbocycles. The molecule has 96 valence electrons. The van der Waals surface area contributed by atoms with E-state index >= 15 is 0 Å². The number of hydrogen-bond acceptors (Lipinski definition) is 2. The van der Waals surface area contributed by atoms with Crippen molar-refractivity contribution < 1.29 is 4.79 Å². The van der Waals surface area contributed by atoms with Gasteiger partial charge in [-0.3, -0.25) is 4.79 Å². The van der Waals surface area contributed by atoms with Gasteiger partial charge in [-0.05, 0) is 31.0 Å². The number of nitrogens with two attached hydrogens (primary N) is 1. The number of aryl methyl sites for hydroxylation is 1. The molecule has 1 aromatic carbocycles. The molecule has 0 aromatic heterocycles. The van der Waals surface area contributed by atoms with E-state index in [1.54, 1.807) is 11.9 Å². The molecule has 0 aliphatic carbocycles. The summed E-state index contributed by atoms with van der Waals surface area (Å²) < 4.78 is 0. The van der Waals surface area contributed by atoms with Crippen LogP contribution in [0.1, 0.15) is 29.8 Å². The first-order valence-corrected chi connectivity index (χ1v) is 5.66. The van der Waals surface area contributed by atoms with Crippen LogP contribution in [0.15, 0.2) is 24.3 Å². The van der Waals surface area contributed by atoms with Crippen LogP contribution in [0.3, 0.4) is 0 Å². The number of benzene rings is 1. The van der Waals surface area contributed by atoms with E-state index in [1.807, 2.05) is 31.2 Å². The summed E-state index contributed by atoms with van der Waals surface area (Å²) >= 11 is 0. The Morgan fingerprint density at radius 1 is 1.35 bits per heavy atom. The fourth-order valence-corrected chi connectivity index (χ4v) is 1.44. The van der Waals surface area contributed by atoms with E-state index in [2.05, 4.69) is 6.92 Å². The van der Waals surface area contributed by atoms with Gasteiger partial charge in [-0.2, -0.15) is 0 Å². The number of amides is 1. The first-order chi connectivity index (χ1) is 7.60. The van der Waals surface area contributed by atoms with Crippen molar-refractivity contribution in [2.24, 2.45) is 5.73 Å². The van der Waals surface area contributed by atoms with Crippen LogP contribution in [0.2, 0.25) is 0 Å². The second-order valence-corrected chi connectivity index (χ2v) is 4.05. The van der Waals surface area contributed by atoms with Gasteiger partial charge in [-0.25, -0.2) is 0 Å². The van der Waals surface area contributed by atoms with Gasteiger partial charge in [0.1, 0.15) is 0 Å². The van der Waals surface area contributed by atoms with Crippen LogP contribution in [-0.2, 0) is 6.42 Å². The molecule has 1 aromatic rings. The molecule has 3 nitrogen and oxygen atoms in total. The van der Waals surface area contributed by atoms with Crippen molar-refractivity contribution in [3.05, 3.63) is 35.4 Å².